The first-order chi connectivity index (χ1) is 10.4. The highest BCUT2D eigenvalue weighted by molar-refractivity contribution is 5.92. The average molecular weight is 313 g/mol. The van der Waals surface area contributed by atoms with E-state index in [9.17, 15) is 19.5 Å². The van der Waals surface area contributed by atoms with Gasteiger partial charge in [-0.25, -0.2) is 0 Å². The number of carbonyl (C=O) groups is 3. The Morgan fingerprint density at radius 3 is 2.55 bits per heavy atom. The highest BCUT2D eigenvalue weighted by Gasteiger charge is 2.31. The Hall–Kier alpha value is -1.31. The van der Waals surface area contributed by atoms with Crippen LogP contribution in [-0.4, -0.2) is 54.4 Å². The van der Waals surface area contributed by atoms with E-state index in [-0.39, 0.29) is 30.4 Å². The number of nitrogens with two attached hydrogens (primary N) is 1. The minimum Gasteiger partial charge on any atom is -0.393 e. The van der Waals surface area contributed by atoms with E-state index in [0.717, 1.165) is 19.4 Å². The highest BCUT2D eigenvalue weighted by Crippen LogP contribution is 2.18. The molecule has 0 radical (unpaired) electrons. The molecule has 4 atom stereocenters. The van der Waals surface area contributed by atoms with Gasteiger partial charge in [-0.15, -0.1) is 0 Å². The number of aliphatic hydroxyl groups excluding tert-OH is 1. The molecule has 0 aromatic carbocycles. The number of ketones is 2. The van der Waals surface area contributed by atoms with Gasteiger partial charge in [-0.3, -0.25) is 14.4 Å². The van der Waals surface area contributed by atoms with Crippen molar-refractivity contribution in [3.63, 3.8) is 0 Å². The van der Waals surface area contributed by atoms with Gasteiger partial charge in [0, 0.05) is 25.4 Å². The number of carbonyl (C=O) groups excluding carboxylic acids is 3. The van der Waals surface area contributed by atoms with Gasteiger partial charge in [-0.05, 0) is 33.2 Å². The Balaban J connectivity index is 2.65. The molecule has 7 heteroatoms. The summed E-state index contributed by atoms with van der Waals surface area (Å²) in [5.41, 5.74) is 5.44. The van der Waals surface area contributed by atoms with E-state index < -0.39 is 24.0 Å². The van der Waals surface area contributed by atoms with Crippen LogP contribution >= 0.6 is 0 Å². The Morgan fingerprint density at radius 2 is 2.09 bits per heavy atom. The van der Waals surface area contributed by atoms with Crippen LogP contribution in [0.4, 0.5) is 0 Å². The molecule has 0 aromatic heterocycles. The molecule has 7 nitrogen and oxygen atoms in total. The molecular weight excluding hydrogens is 286 g/mol. The van der Waals surface area contributed by atoms with Gasteiger partial charge >= 0.3 is 0 Å². The van der Waals surface area contributed by atoms with Gasteiger partial charge in [-0.2, -0.15) is 0 Å². The third-order valence-electron chi connectivity index (χ3n) is 4.14. The first kappa shape index (κ1) is 18.7. The maximum atomic E-state index is 12.3. The lowest BCUT2D eigenvalue weighted by molar-refractivity contribution is -0.136. The topological polar surface area (TPSA) is 122 Å². The van der Waals surface area contributed by atoms with Crippen LogP contribution in [-0.2, 0) is 14.4 Å². The van der Waals surface area contributed by atoms with E-state index in [1.54, 1.807) is 0 Å². The first-order valence-corrected chi connectivity index (χ1v) is 7.79. The second-order valence-electron chi connectivity index (χ2n) is 5.97. The molecule has 0 aromatic rings. The number of piperidine rings is 1. The molecular formula is C15H27N3O4. The van der Waals surface area contributed by atoms with Gasteiger partial charge < -0.3 is 21.5 Å². The molecule has 0 unspecified atom stereocenters. The highest BCUT2D eigenvalue weighted by atomic mass is 16.3. The fourth-order valence-electron chi connectivity index (χ4n) is 2.60. The monoisotopic (exact) mass is 313 g/mol. The first-order valence-electron chi connectivity index (χ1n) is 7.79. The zero-order valence-electron chi connectivity index (χ0n) is 13.3. The van der Waals surface area contributed by atoms with Crippen LogP contribution in [0.15, 0.2) is 0 Å². The standard InChI is InChI=1S/C15H27N3O4/c1-9(19)12(15(22)18-13(7-16)10(2)20)6-14(21)11-4-3-5-17-8-11/h9,11-13,17,19H,3-8,16H2,1-2H3,(H,18,22)/t9-,11-,12-,13+/m0/s1. The number of rotatable bonds is 8. The van der Waals surface area contributed by atoms with Crippen LogP contribution in [0.1, 0.15) is 33.1 Å². The summed E-state index contributed by atoms with van der Waals surface area (Å²) < 4.78 is 0. The molecule has 1 saturated heterocycles. The van der Waals surface area contributed by atoms with Crippen LogP contribution in [0.3, 0.4) is 0 Å². The summed E-state index contributed by atoms with van der Waals surface area (Å²) in [6.45, 7) is 4.33. The molecule has 1 amide bonds. The molecule has 0 bridgehead atoms. The van der Waals surface area contributed by atoms with Crippen molar-refractivity contribution in [2.45, 2.75) is 45.3 Å². The largest absolute Gasteiger partial charge is 0.393 e. The van der Waals surface area contributed by atoms with E-state index in [1.807, 2.05) is 0 Å². The van der Waals surface area contributed by atoms with Crippen LogP contribution in [0.2, 0.25) is 0 Å². The van der Waals surface area contributed by atoms with Crippen molar-refractivity contribution in [3.8, 4) is 0 Å². The SMILES string of the molecule is CC(=O)[C@@H](CN)NC(=O)[C@@H](CC(=O)[C@H]1CCCNC1)[C@H](C)O. The summed E-state index contributed by atoms with van der Waals surface area (Å²) in [5.74, 6) is -1.75. The Labute approximate surface area is 131 Å². The van der Waals surface area contributed by atoms with Gasteiger partial charge in [0.1, 0.15) is 5.78 Å². The molecule has 0 aliphatic carbocycles. The number of Topliss-reactive ketones (excluding diaryl/α,β-unsaturated/α-hetero) is 2. The van der Waals surface area contributed by atoms with Gasteiger partial charge in [0.05, 0.1) is 18.1 Å². The summed E-state index contributed by atoms with van der Waals surface area (Å²) in [7, 11) is 0. The molecule has 5 N–H and O–H groups in total. The Kier molecular flexibility index (Phi) is 7.64. The summed E-state index contributed by atoms with van der Waals surface area (Å²) in [4.78, 5) is 35.9. The van der Waals surface area contributed by atoms with Gasteiger partial charge in [0.15, 0.2) is 5.78 Å². The third kappa shape index (κ3) is 5.47. The minimum absolute atomic E-state index is 0.00586. The van der Waals surface area contributed by atoms with Crippen molar-refractivity contribution in [2.24, 2.45) is 17.6 Å². The van der Waals surface area contributed by atoms with Crippen LogP contribution in [0.25, 0.3) is 0 Å². The fraction of sp³-hybridized carbons (Fsp3) is 0.800. The predicted molar refractivity (Wildman–Crippen MR) is 82.1 cm³/mol. The molecule has 0 saturated carbocycles. The molecule has 1 fully saturated rings. The normalized spacial score (nSPS) is 22.5. The smallest absolute Gasteiger partial charge is 0.226 e. The fourth-order valence-corrected chi connectivity index (χ4v) is 2.60. The number of nitrogens with one attached hydrogen (secondary N) is 2. The van der Waals surface area contributed by atoms with Gasteiger partial charge in [0.25, 0.3) is 0 Å². The maximum Gasteiger partial charge on any atom is 0.226 e. The summed E-state index contributed by atoms with van der Waals surface area (Å²) >= 11 is 0. The zero-order valence-corrected chi connectivity index (χ0v) is 13.3. The lowest BCUT2D eigenvalue weighted by atomic mass is 9.87. The van der Waals surface area contributed by atoms with Crippen molar-refractivity contribution in [1.29, 1.82) is 0 Å². The quantitative estimate of drug-likeness (QED) is 0.455. The molecule has 1 rings (SSSR count). The molecule has 126 valence electrons. The van der Waals surface area contributed by atoms with E-state index in [4.69, 9.17) is 5.73 Å². The van der Waals surface area contributed by atoms with E-state index in [1.165, 1.54) is 13.8 Å². The van der Waals surface area contributed by atoms with Crippen LogP contribution in [0, 0.1) is 11.8 Å². The molecule has 1 aliphatic rings. The third-order valence-corrected chi connectivity index (χ3v) is 4.14. The van der Waals surface area contributed by atoms with Crippen LogP contribution in [0.5, 0.6) is 0 Å². The number of aliphatic hydroxyl groups is 1. The van der Waals surface area contributed by atoms with Crippen molar-refractivity contribution < 1.29 is 19.5 Å². The van der Waals surface area contributed by atoms with Gasteiger partial charge in [0.2, 0.25) is 5.91 Å². The second-order valence-corrected chi connectivity index (χ2v) is 5.97. The second kappa shape index (κ2) is 8.97. The van der Waals surface area contributed by atoms with E-state index in [0.29, 0.717) is 6.54 Å². The van der Waals surface area contributed by atoms with Crippen LogP contribution < -0.4 is 16.4 Å². The van der Waals surface area contributed by atoms with Crippen molar-refractivity contribution in [2.75, 3.05) is 19.6 Å². The lowest BCUT2D eigenvalue weighted by Gasteiger charge is -2.26. The average Bonchev–Trinajstić information content (AvgIpc) is 2.49. The van der Waals surface area contributed by atoms with Crippen molar-refractivity contribution in [3.05, 3.63) is 0 Å². The minimum atomic E-state index is -0.967. The molecule has 22 heavy (non-hydrogen) atoms. The number of amides is 1. The summed E-state index contributed by atoms with van der Waals surface area (Å²) in [5, 5.41) is 15.5. The van der Waals surface area contributed by atoms with Crippen molar-refractivity contribution >= 4 is 17.5 Å². The summed E-state index contributed by atoms with van der Waals surface area (Å²) in [6, 6.07) is -0.778. The predicted octanol–water partition coefficient (Wildman–Crippen LogP) is -1.03. The Bertz CT molecular complexity index is 406. The molecule has 0 spiro atoms. The van der Waals surface area contributed by atoms with E-state index >= 15 is 0 Å². The maximum absolute atomic E-state index is 12.3. The number of hydrogen-bond donors (Lipinski definition) is 4. The van der Waals surface area contributed by atoms with Gasteiger partial charge in [-0.1, -0.05) is 0 Å². The zero-order chi connectivity index (χ0) is 16.7. The van der Waals surface area contributed by atoms with Crippen molar-refractivity contribution in [1.82, 2.24) is 10.6 Å². The molecule has 1 heterocycles. The lowest BCUT2D eigenvalue weighted by Crippen LogP contribution is -2.49. The number of hydrogen-bond acceptors (Lipinski definition) is 6. The molecule has 1 aliphatic heterocycles. The van der Waals surface area contributed by atoms with E-state index in [2.05, 4.69) is 10.6 Å². The summed E-state index contributed by atoms with van der Waals surface area (Å²) in [6.07, 6.45) is 0.747. The Morgan fingerprint density at radius 1 is 1.41 bits per heavy atom.